The first-order valence-corrected chi connectivity index (χ1v) is 10.7. The SMILES string of the molecule is Cc1ccc2c(c1)[C@@H](NC(=O)[C@H](C)Oc1cccc3c1CCCC3)CC(C)(C)O2. The molecule has 0 aromatic heterocycles. The number of amides is 1. The van der Waals surface area contributed by atoms with E-state index in [0.717, 1.165) is 41.9 Å². The second-order valence-corrected chi connectivity index (χ2v) is 9.03. The second-order valence-electron chi connectivity index (χ2n) is 9.03. The third kappa shape index (κ3) is 4.26. The minimum absolute atomic E-state index is 0.0862. The average Bonchev–Trinajstić information content (AvgIpc) is 2.68. The van der Waals surface area contributed by atoms with Crippen LogP contribution in [-0.2, 0) is 17.6 Å². The Bertz CT molecular complexity index is 918. The smallest absolute Gasteiger partial charge is 0.261 e. The first-order valence-electron chi connectivity index (χ1n) is 10.7. The lowest BCUT2D eigenvalue weighted by Gasteiger charge is -2.38. The van der Waals surface area contributed by atoms with Crippen molar-refractivity contribution in [3.63, 3.8) is 0 Å². The van der Waals surface area contributed by atoms with Crippen LogP contribution in [0.15, 0.2) is 36.4 Å². The second kappa shape index (κ2) is 7.74. The van der Waals surface area contributed by atoms with Crippen molar-refractivity contribution in [3.05, 3.63) is 58.7 Å². The topological polar surface area (TPSA) is 47.6 Å². The number of aryl methyl sites for hydroxylation is 2. The summed E-state index contributed by atoms with van der Waals surface area (Å²) in [4.78, 5) is 13.0. The monoisotopic (exact) mass is 393 g/mol. The zero-order valence-corrected chi connectivity index (χ0v) is 17.9. The van der Waals surface area contributed by atoms with Crippen LogP contribution in [0.25, 0.3) is 0 Å². The molecule has 154 valence electrons. The molecule has 0 radical (unpaired) electrons. The summed E-state index contributed by atoms with van der Waals surface area (Å²) in [5.41, 5.74) is 4.50. The Labute approximate surface area is 173 Å². The Kier molecular flexibility index (Phi) is 5.28. The highest BCUT2D eigenvalue weighted by molar-refractivity contribution is 5.81. The molecule has 0 fully saturated rings. The van der Waals surface area contributed by atoms with E-state index < -0.39 is 6.10 Å². The highest BCUT2D eigenvalue weighted by atomic mass is 16.5. The molecule has 1 N–H and O–H groups in total. The van der Waals surface area contributed by atoms with Crippen molar-refractivity contribution in [1.29, 1.82) is 0 Å². The van der Waals surface area contributed by atoms with Gasteiger partial charge in [-0.05, 0) is 76.6 Å². The van der Waals surface area contributed by atoms with E-state index in [1.165, 1.54) is 24.0 Å². The predicted molar refractivity (Wildman–Crippen MR) is 115 cm³/mol. The zero-order valence-electron chi connectivity index (χ0n) is 17.9. The molecular weight excluding hydrogens is 362 g/mol. The Balaban J connectivity index is 1.50. The summed E-state index contributed by atoms with van der Waals surface area (Å²) in [5.74, 6) is 1.62. The van der Waals surface area contributed by atoms with Crippen LogP contribution in [-0.4, -0.2) is 17.6 Å². The van der Waals surface area contributed by atoms with E-state index in [1.54, 1.807) is 0 Å². The van der Waals surface area contributed by atoms with Gasteiger partial charge in [-0.1, -0.05) is 29.8 Å². The summed E-state index contributed by atoms with van der Waals surface area (Å²) in [6.07, 6.45) is 4.71. The first-order chi connectivity index (χ1) is 13.8. The van der Waals surface area contributed by atoms with E-state index in [-0.39, 0.29) is 17.6 Å². The highest BCUT2D eigenvalue weighted by Gasteiger charge is 2.35. The largest absolute Gasteiger partial charge is 0.487 e. The van der Waals surface area contributed by atoms with Crippen LogP contribution >= 0.6 is 0 Å². The standard InChI is InChI=1S/C25H31NO3/c1-16-12-13-23-20(14-16)21(15-25(3,4)29-23)26-24(27)17(2)28-22-11-7-9-18-8-5-6-10-19(18)22/h7,9,11-14,17,21H,5-6,8,10,15H2,1-4H3,(H,26,27)/t17-,21-/m0/s1. The van der Waals surface area contributed by atoms with Crippen molar-refractivity contribution in [3.8, 4) is 11.5 Å². The molecule has 2 atom stereocenters. The van der Waals surface area contributed by atoms with Gasteiger partial charge in [0.25, 0.3) is 5.91 Å². The Morgan fingerprint density at radius 1 is 1.21 bits per heavy atom. The van der Waals surface area contributed by atoms with Gasteiger partial charge in [-0.15, -0.1) is 0 Å². The molecule has 1 aliphatic carbocycles. The van der Waals surface area contributed by atoms with Gasteiger partial charge in [-0.3, -0.25) is 4.79 Å². The first kappa shape index (κ1) is 19.8. The van der Waals surface area contributed by atoms with Crippen LogP contribution in [0.3, 0.4) is 0 Å². The van der Waals surface area contributed by atoms with Gasteiger partial charge in [-0.2, -0.15) is 0 Å². The maximum atomic E-state index is 13.0. The molecule has 2 aromatic carbocycles. The highest BCUT2D eigenvalue weighted by Crippen LogP contribution is 2.40. The van der Waals surface area contributed by atoms with E-state index in [0.29, 0.717) is 0 Å². The molecule has 4 rings (SSSR count). The van der Waals surface area contributed by atoms with Crippen LogP contribution in [0, 0.1) is 6.92 Å². The fraction of sp³-hybridized carbons (Fsp3) is 0.480. The minimum Gasteiger partial charge on any atom is -0.487 e. The number of fused-ring (bicyclic) bond motifs is 2. The molecule has 0 saturated carbocycles. The lowest BCUT2D eigenvalue weighted by molar-refractivity contribution is -0.128. The normalized spacial score (nSPS) is 20.6. The van der Waals surface area contributed by atoms with Gasteiger partial charge in [0.05, 0.1) is 6.04 Å². The predicted octanol–water partition coefficient (Wildman–Crippen LogP) is 5.06. The maximum Gasteiger partial charge on any atom is 0.261 e. The maximum absolute atomic E-state index is 13.0. The van der Waals surface area contributed by atoms with Gasteiger partial charge < -0.3 is 14.8 Å². The number of ether oxygens (including phenoxy) is 2. The summed E-state index contributed by atoms with van der Waals surface area (Å²) < 4.78 is 12.3. The van der Waals surface area contributed by atoms with Crippen molar-refractivity contribution in [2.24, 2.45) is 0 Å². The average molecular weight is 394 g/mol. The Hall–Kier alpha value is -2.49. The molecule has 4 nitrogen and oxygen atoms in total. The Morgan fingerprint density at radius 3 is 2.83 bits per heavy atom. The lowest BCUT2D eigenvalue weighted by Crippen LogP contribution is -2.44. The number of carbonyl (C=O) groups excluding carboxylic acids is 1. The van der Waals surface area contributed by atoms with Crippen molar-refractivity contribution < 1.29 is 14.3 Å². The number of benzene rings is 2. The number of hydrogen-bond donors (Lipinski definition) is 1. The lowest BCUT2D eigenvalue weighted by atomic mass is 9.89. The zero-order chi connectivity index (χ0) is 20.6. The van der Waals surface area contributed by atoms with E-state index >= 15 is 0 Å². The van der Waals surface area contributed by atoms with Crippen LogP contribution in [0.4, 0.5) is 0 Å². The van der Waals surface area contributed by atoms with Gasteiger partial charge in [0, 0.05) is 12.0 Å². The van der Waals surface area contributed by atoms with Crippen LogP contribution in [0.1, 0.15) is 68.3 Å². The molecule has 29 heavy (non-hydrogen) atoms. The molecule has 0 bridgehead atoms. The van der Waals surface area contributed by atoms with E-state index in [4.69, 9.17) is 9.47 Å². The quantitative estimate of drug-likeness (QED) is 0.790. The van der Waals surface area contributed by atoms with Gasteiger partial charge in [0.2, 0.25) is 0 Å². The molecule has 2 aliphatic rings. The summed E-state index contributed by atoms with van der Waals surface area (Å²) in [6.45, 7) is 8.01. The Morgan fingerprint density at radius 2 is 2.00 bits per heavy atom. The summed E-state index contributed by atoms with van der Waals surface area (Å²) in [6, 6.07) is 12.3. The summed E-state index contributed by atoms with van der Waals surface area (Å²) in [5, 5.41) is 3.21. The number of rotatable bonds is 4. The van der Waals surface area contributed by atoms with E-state index in [9.17, 15) is 4.79 Å². The van der Waals surface area contributed by atoms with Gasteiger partial charge >= 0.3 is 0 Å². The van der Waals surface area contributed by atoms with Gasteiger partial charge in [0.1, 0.15) is 17.1 Å². The fourth-order valence-electron chi connectivity index (χ4n) is 4.49. The molecule has 0 unspecified atom stereocenters. The van der Waals surface area contributed by atoms with E-state index in [1.807, 2.05) is 31.2 Å². The summed E-state index contributed by atoms with van der Waals surface area (Å²) in [7, 11) is 0. The van der Waals surface area contributed by atoms with Crippen LogP contribution in [0.5, 0.6) is 11.5 Å². The van der Waals surface area contributed by atoms with Crippen molar-refractivity contribution in [1.82, 2.24) is 5.32 Å². The summed E-state index contributed by atoms with van der Waals surface area (Å²) >= 11 is 0. The van der Waals surface area contributed by atoms with E-state index in [2.05, 4.69) is 38.2 Å². The molecule has 4 heteroatoms. The van der Waals surface area contributed by atoms with Crippen molar-refractivity contribution in [2.45, 2.75) is 77.5 Å². The molecular formula is C25H31NO3. The molecule has 2 aromatic rings. The fourth-order valence-corrected chi connectivity index (χ4v) is 4.49. The molecule has 0 spiro atoms. The van der Waals surface area contributed by atoms with Crippen molar-refractivity contribution >= 4 is 5.91 Å². The van der Waals surface area contributed by atoms with Crippen LogP contribution in [0.2, 0.25) is 0 Å². The number of carbonyl (C=O) groups is 1. The number of nitrogens with one attached hydrogen (secondary N) is 1. The molecule has 1 amide bonds. The minimum atomic E-state index is -0.553. The molecule has 1 aliphatic heterocycles. The van der Waals surface area contributed by atoms with Gasteiger partial charge in [0.15, 0.2) is 6.10 Å². The third-order valence-electron chi connectivity index (χ3n) is 5.97. The third-order valence-corrected chi connectivity index (χ3v) is 5.97. The van der Waals surface area contributed by atoms with Gasteiger partial charge in [-0.25, -0.2) is 0 Å². The van der Waals surface area contributed by atoms with Crippen LogP contribution < -0.4 is 14.8 Å². The molecule has 0 saturated heterocycles. The van der Waals surface area contributed by atoms with Crippen molar-refractivity contribution in [2.75, 3.05) is 0 Å². The number of hydrogen-bond acceptors (Lipinski definition) is 3. The molecule has 1 heterocycles.